The van der Waals surface area contributed by atoms with Gasteiger partial charge in [-0.25, -0.2) is 0 Å². The number of hydrogen-bond acceptors (Lipinski definition) is 4. The van der Waals surface area contributed by atoms with Gasteiger partial charge in [0.05, 0.1) is 30.4 Å². The number of carbonyl (C=O) groups excluding carboxylic acids is 2. The molecule has 2 aliphatic heterocycles. The van der Waals surface area contributed by atoms with Crippen LogP contribution in [0.3, 0.4) is 0 Å². The van der Waals surface area contributed by atoms with E-state index in [9.17, 15) is 9.59 Å². The largest absolute Gasteiger partial charge is 0.494 e. The zero-order valence-electron chi connectivity index (χ0n) is 20.8. The summed E-state index contributed by atoms with van der Waals surface area (Å²) < 4.78 is 12.5. The highest BCUT2D eigenvalue weighted by Crippen LogP contribution is 2.61. The van der Waals surface area contributed by atoms with Crippen molar-refractivity contribution >= 4 is 39.3 Å². The highest BCUT2D eigenvalue weighted by Gasteiger charge is 2.56. The molecule has 0 unspecified atom stereocenters. The van der Waals surface area contributed by atoms with Crippen LogP contribution in [0, 0.1) is 11.3 Å². The minimum Gasteiger partial charge on any atom is -0.494 e. The van der Waals surface area contributed by atoms with Gasteiger partial charge in [0.25, 0.3) is 5.91 Å². The molecule has 0 aromatic heterocycles. The molecule has 192 valence electrons. The first-order chi connectivity index (χ1) is 17.2. The third-order valence-electron chi connectivity index (χ3n) is 8.22. The molecule has 2 amide bonds. The molecular weight excluding hydrogens is 544 g/mol. The topological polar surface area (TPSA) is 59.1 Å². The molecule has 2 heterocycles. The van der Waals surface area contributed by atoms with Crippen molar-refractivity contribution in [3.8, 4) is 5.75 Å². The summed E-state index contributed by atoms with van der Waals surface area (Å²) in [4.78, 5) is 29.3. The van der Waals surface area contributed by atoms with E-state index in [-0.39, 0.29) is 11.8 Å². The van der Waals surface area contributed by atoms with E-state index in [1.165, 1.54) is 11.3 Å². The minimum absolute atomic E-state index is 0.121. The molecule has 0 bridgehead atoms. The first-order valence-corrected chi connectivity index (χ1v) is 13.7. The SMILES string of the molecule is CN(C)C(=O)c1ccc(OCC[C@@H]2CC23CCN(C(=O)C2(c4ccc(Br)cc4)COC2)CC3)cc1Cl. The van der Waals surface area contributed by atoms with Gasteiger partial charge in [0.15, 0.2) is 0 Å². The Bertz CT molecular complexity index is 1140. The van der Waals surface area contributed by atoms with E-state index in [1.807, 2.05) is 24.3 Å². The fourth-order valence-electron chi connectivity index (χ4n) is 5.72. The molecule has 36 heavy (non-hydrogen) atoms. The van der Waals surface area contributed by atoms with Crippen LogP contribution in [0.5, 0.6) is 5.75 Å². The summed E-state index contributed by atoms with van der Waals surface area (Å²) in [6.45, 7) is 3.17. The van der Waals surface area contributed by atoms with Gasteiger partial charge in [-0.2, -0.15) is 0 Å². The summed E-state index contributed by atoms with van der Waals surface area (Å²) in [6.07, 6.45) is 4.29. The Labute approximate surface area is 226 Å². The zero-order valence-corrected chi connectivity index (χ0v) is 23.1. The van der Waals surface area contributed by atoms with Gasteiger partial charge in [0, 0.05) is 31.7 Å². The number of halogens is 2. The number of benzene rings is 2. The molecule has 0 N–H and O–H groups in total. The van der Waals surface area contributed by atoms with E-state index in [1.54, 1.807) is 32.3 Å². The van der Waals surface area contributed by atoms with Crippen molar-refractivity contribution in [1.29, 1.82) is 0 Å². The van der Waals surface area contributed by atoms with Crippen molar-refractivity contribution in [2.75, 3.05) is 47.0 Å². The Morgan fingerprint density at radius 2 is 1.83 bits per heavy atom. The number of ether oxygens (including phenoxy) is 2. The third kappa shape index (κ3) is 4.77. The van der Waals surface area contributed by atoms with Gasteiger partial charge in [-0.15, -0.1) is 0 Å². The highest BCUT2D eigenvalue weighted by molar-refractivity contribution is 9.10. The molecule has 3 fully saturated rings. The second-order valence-corrected chi connectivity index (χ2v) is 11.9. The number of nitrogens with zero attached hydrogens (tertiary/aromatic N) is 2. The number of piperidine rings is 1. The van der Waals surface area contributed by atoms with Crippen LogP contribution in [0.2, 0.25) is 5.02 Å². The summed E-state index contributed by atoms with van der Waals surface area (Å²) in [5.41, 5.74) is 1.34. The number of likely N-dealkylation sites (tertiary alicyclic amines) is 1. The summed E-state index contributed by atoms with van der Waals surface area (Å²) in [7, 11) is 3.41. The molecule has 3 aliphatic rings. The molecule has 0 radical (unpaired) electrons. The van der Waals surface area contributed by atoms with Gasteiger partial charge in [-0.05, 0) is 72.9 Å². The van der Waals surface area contributed by atoms with Gasteiger partial charge in [0.2, 0.25) is 5.91 Å². The third-order valence-corrected chi connectivity index (χ3v) is 9.06. The van der Waals surface area contributed by atoms with Crippen LogP contribution in [0.15, 0.2) is 46.9 Å². The van der Waals surface area contributed by atoms with E-state index >= 15 is 0 Å². The lowest BCUT2D eigenvalue weighted by atomic mass is 9.76. The van der Waals surface area contributed by atoms with Crippen molar-refractivity contribution in [3.05, 3.63) is 63.1 Å². The van der Waals surface area contributed by atoms with Crippen LogP contribution in [0.25, 0.3) is 0 Å². The van der Waals surface area contributed by atoms with Crippen LogP contribution >= 0.6 is 27.5 Å². The lowest BCUT2D eigenvalue weighted by molar-refractivity contribution is -0.158. The Morgan fingerprint density at radius 1 is 1.14 bits per heavy atom. The molecule has 2 aromatic rings. The molecule has 1 atom stereocenters. The Balaban J connectivity index is 1.11. The molecule has 1 aliphatic carbocycles. The average Bonchev–Trinajstić information content (AvgIpc) is 3.50. The number of amides is 2. The fraction of sp³-hybridized carbons (Fsp3) is 0.500. The van der Waals surface area contributed by atoms with Crippen LogP contribution in [0.1, 0.15) is 41.6 Å². The molecular formula is C28H32BrClN2O4. The second kappa shape index (κ2) is 9.99. The molecule has 2 saturated heterocycles. The first kappa shape index (κ1) is 25.6. The fourth-order valence-corrected chi connectivity index (χ4v) is 6.23. The summed E-state index contributed by atoms with van der Waals surface area (Å²) in [5.74, 6) is 1.40. The van der Waals surface area contributed by atoms with E-state index in [4.69, 9.17) is 21.1 Å². The van der Waals surface area contributed by atoms with Gasteiger partial charge in [-0.1, -0.05) is 39.7 Å². The monoisotopic (exact) mass is 574 g/mol. The van der Waals surface area contributed by atoms with Crippen molar-refractivity contribution in [2.45, 2.75) is 31.1 Å². The number of carbonyl (C=O) groups is 2. The maximum absolute atomic E-state index is 13.5. The molecule has 1 saturated carbocycles. The first-order valence-electron chi connectivity index (χ1n) is 12.5. The maximum Gasteiger partial charge on any atom is 0.254 e. The van der Waals surface area contributed by atoms with Crippen molar-refractivity contribution in [3.63, 3.8) is 0 Å². The van der Waals surface area contributed by atoms with E-state index in [0.29, 0.717) is 47.5 Å². The maximum atomic E-state index is 13.5. The quantitative estimate of drug-likeness (QED) is 0.457. The zero-order chi connectivity index (χ0) is 25.5. The molecule has 5 rings (SSSR count). The standard InChI is InChI=1S/C28H32BrClN2O4/c1-31(2)25(33)23-8-7-22(15-24(23)30)36-14-9-20-16-27(20)10-12-32(13-11-27)26(34)28(17-35-18-28)19-3-5-21(29)6-4-19/h3-8,15,20H,9-14,16-18H2,1-2H3/t20-/m1/s1. The van der Waals surface area contributed by atoms with Crippen LogP contribution in [0.4, 0.5) is 0 Å². The second-order valence-electron chi connectivity index (χ2n) is 10.6. The predicted octanol–water partition coefficient (Wildman–Crippen LogP) is 5.17. The Morgan fingerprint density at radius 3 is 2.42 bits per heavy atom. The van der Waals surface area contributed by atoms with E-state index in [0.717, 1.165) is 42.4 Å². The average molecular weight is 576 g/mol. The summed E-state index contributed by atoms with van der Waals surface area (Å²) in [6, 6.07) is 13.3. The lowest BCUT2D eigenvalue weighted by Gasteiger charge is -2.45. The van der Waals surface area contributed by atoms with Gasteiger partial charge >= 0.3 is 0 Å². The van der Waals surface area contributed by atoms with Gasteiger partial charge in [0.1, 0.15) is 11.2 Å². The Kier molecular flexibility index (Phi) is 7.09. The van der Waals surface area contributed by atoms with Crippen LogP contribution in [-0.2, 0) is 14.9 Å². The predicted molar refractivity (Wildman–Crippen MR) is 143 cm³/mol. The Hall–Kier alpha value is -2.09. The lowest BCUT2D eigenvalue weighted by Crippen LogP contribution is -2.59. The van der Waals surface area contributed by atoms with Crippen molar-refractivity contribution in [1.82, 2.24) is 9.80 Å². The van der Waals surface area contributed by atoms with E-state index < -0.39 is 5.41 Å². The summed E-state index contributed by atoms with van der Waals surface area (Å²) >= 11 is 9.78. The van der Waals surface area contributed by atoms with E-state index in [2.05, 4.69) is 20.8 Å². The van der Waals surface area contributed by atoms with Crippen molar-refractivity contribution < 1.29 is 19.1 Å². The summed E-state index contributed by atoms with van der Waals surface area (Å²) in [5, 5.41) is 0.406. The smallest absolute Gasteiger partial charge is 0.254 e. The molecule has 2 aromatic carbocycles. The van der Waals surface area contributed by atoms with Crippen molar-refractivity contribution in [2.24, 2.45) is 11.3 Å². The highest BCUT2D eigenvalue weighted by atomic mass is 79.9. The molecule has 6 nitrogen and oxygen atoms in total. The normalized spacial score (nSPS) is 21.6. The number of rotatable bonds is 7. The molecule has 8 heteroatoms. The minimum atomic E-state index is -0.532. The van der Waals surface area contributed by atoms with Crippen LogP contribution in [-0.4, -0.2) is 68.6 Å². The number of hydrogen-bond donors (Lipinski definition) is 0. The van der Waals surface area contributed by atoms with Crippen LogP contribution < -0.4 is 4.74 Å². The van der Waals surface area contributed by atoms with Gasteiger partial charge in [-0.3, -0.25) is 9.59 Å². The van der Waals surface area contributed by atoms with Gasteiger partial charge < -0.3 is 19.3 Å². The molecule has 1 spiro atoms.